The highest BCUT2D eigenvalue weighted by Crippen LogP contribution is 2.26. The van der Waals surface area contributed by atoms with Gasteiger partial charge >= 0.3 is 6.03 Å². The Kier molecular flexibility index (Phi) is 5.49. The first kappa shape index (κ1) is 16.6. The molecule has 2 unspecified atom stereocenters. The molecule has 0 radical (unpaired) electrons. The molecule has 2 amide bonds. The fraction of sp³-hybridized carbons (Fsp3) is 0.938. The zero-order valence-electron chi connectivity index (χ0n) is 13.7. The van der Waals surface area contributed by atoms with Gasteiger partial charge in [-0.15, -0.1) is 0 Å². The molecular formula is C16H31N3O2. The van der Waals surface area contributed by atoms with Crippen LogP contribution in [0.1, 0.15) is 52.9 Å². The van der Waals surface area contributed by atoms with Crippen molar-refractivity contribution in [2.75, 3.05) is 19.6 Å². The van der Waals surface area contributed by atoms with Crippen LogP contribution in [0.25, 0.3) is 0 Å². The van der Waals surface area contributed by atoms with E-state index in [0.717, 1.165) is 25.6 Å². The molecule has 122 valence electrons. The van der Waals surface area contributed by atoms with Crippen molar-refractivity contribution in [3.05, 3.63) is 0 Å². The first-order valence-electron chi connectivity index (χ1n) is 8.39. The Bertz CT molecular complexity index is 351. The minimum atomic E-state index is -0.858. The van der Waals surface area contributed by atoms with Gasteiger partial charge in [0, 0.05) is 31.7 Å². The Morgan fingerprint density at radius 2 is 2.00 bits per heavy atom. The summed E-state index contributed by atoms with van der Waals surface area (Å²) in [5.41, 5.74) is -0.858. The van der Waals surface area contributed by atoms with Crippen LogP contribution >= 0.6 is 0 Å². The standard InChI is InChI=1S/C16H31N3O2/c1-12(2)16(3,21)11-17-15(20)18-13-8-9-19(10-13)14-6-4-5-7-14/h12-14,21H,4-11H2,1-3H3,(H2,17,18,20). The molecule has 3 N–H and O–H groups in total. The first-order chi connectivity index (χ1) is 9.88. The Labute approximate surface area is 128 Å². The normalized spacial score (nSPS) is 27.0. The van der Waals surface area contributed by atoms with Gasteiger partial charge in [-0.05, 0) is 32.1 Å². The summed E-state index contributed by atoms with van der Waals surface area (Å²) in [5, 5.41) is 16.0. The number of rotatable bonds is 5. The topological polar surface area (TPSA) is 64.6 Å². The summed E-state index contributed by atoms with van der Waals surface area (Å²) in [4.78, 5) is 14.5. The summed E-state index contributed by atoms with van der Waals surface area (Å²) >= 11 is 0. The molecule has 2 fully saturated rings. The van der Waals surface area contributed by atoms with Crippen molar-refractivity contribution in [2.45, 2.75) is 70.6 Å². The third-order valence-corrected chi connectivity index (χ3v) is 5.25. The van der Waals surface area contributed by atoms with Crippen molar-refractivity contribution in [3.63, 3.8) is 0 Å². The largest absolute Gasteiger partial charge is 0.388 e. The molecule has 1 saturated heterocycles. The van der Waals surface area contributed by atoms with Crippen molar-refractivity contribution in [2.24, 2.45) is 5.92 Å². The number of nitrogens with zero attached hydrogens (tertiary/aromatic N) is 1. The number of nitrogens with one attached hydrogen (secondary N) is 2. The average molecular weight is 297 g/mol. The van der Waals surface area contributed by atoms with Gasteiger partial charge in [-0.3, -0.25) is 4.90 Å². The van der Waals surface area contributed by atoms with Crippen molar-refractivity contribution in [3.8, 4) is 0 Å². The van der Waals surface area contributed by atoms with Crippen LogP contribution in [0.15, 0.2) is 0 Å². The van der Waals surface area contributed by atoms with Crippen molar-refractivity contribution >= 4 is 6.03 Å². The lowest BCUT2D eigenvalue weighted by atomic mass is 9.93. The number of urea groups is 1. The number of carbonyl (C=O) groups excluding carboxylic acids is 1. The lowest BCUT2D eigenvalue weighted by Crippen LogP contribution is -2.50. The van der Waals surface area contributed by atoms with Gasteiger partial charge in [-0.1, -0.05) is 26.7 Å². The highest BCUT2D eigenvalue weighted by molar-refractivity contribution is 5.74. The molecular weight excluding hydrogens is 266 g/mol. The van der Waals surface area contributed by atoms with E-state index in [9.17, 15) is 9.90 Å². The predicted molar refractivity (Wildman–Crippen MR) is 84.2 cm³/mol. The highest BCUT2D eigenvalue weighted by Gasteiger charge is 2.31. The van der Waals surface area contributed by atoms with Gasteiger partial charge in [-0.25, -0.2) is 4.79 Å². The second kappa shape index (κ2) is 6.97. The van der Waals surface area contributed by atoms with Crippen LogP contribution < -0.4 is 10.6 Å². The summed E-state index contributed by atoms with van der Waals surface area (Å²) in [5.74, 6) is 0.113. The first-order valence-corrected chi connectivity index (χ1v) is 8.39. The van der Waals surface area contributed by atoms with Crippen LogP contribution in [-0.4, -0.2) is 53.4 Å². The van der Waals surface area contributed by atoms with E-state index in [2.05, 4.69) is 15.5 Å². The smallest absolute Gasteiger partial charge is 0.315 e. The Balaban J connectivity index is 1.69. The summed E-state index contributed by atoms with van der Waals surface area (Å²) in [6, 6.07) is 0.824. The second-order valence-electron chi connectivity index (χ2n) is 7.26. The molecule has 0 spiro atoms. The van der Waals surface area contributed by atoms with E-state index in [-0.39, 0.29) is 24.5 Å². The van der Waals surface area contributed by atoms with Gasteiger partial charge in [-0.2, -0.15) is 0 Å². The number of carbonyl (C=O) groups is 1. The maximum absolute atomic E-state index is 11.9. The van der Waals surface area contributed by atoms with Crippen LogP contribution in [-0.2, 0) is 0 Å². The summed E-state index contributed by atoms with van der Waals surface area (Å²) < 4.78 is 0. The van der Waals surface area contributed by atoms with Gasteiger partial charge < -0.3 is 15.7 Å². The van der Waals surface area contributed by atoms with E-state index < -0.39 is 5.60 Å². The average Bonchev–Trinajstić information content (AvgIpc) is 3.06. The highest BCUT2D eigenvalue weighted by atomic mass is 16.3. The monoisotopic (exact) mass is 297 g/mol. The molecule has 0 aromatic rings. The zero-order chi connectivity index (χ0) is 15.5. The van der Waals surface area contributed by atoms with Crippen molar-refractivity contribution in [1.82, 2.24) is 15.5 Å². The quantitative estimate of drug-likeness (QED) is 0.724. The summed E-state index contributed by atoms with van der Waals surface area (Å²) in [6.07, 6.45) is 6.37. The molecule has 2 atom stereocenters. The van der Waals surface area contributed by atoms with Crippen LogP contribution in [0.2, 0.25) is 0 Å². The second-order valence-corrected chi connectivity index (χ2v) is 7.26. The molecule has 5 nitrogen and oxygen atoms in total. The van der Waals surface area contributed by atoms with Gasteiger partial charge in [0.2, 0.25) is 0 Å². The Morgan fingerprint density at radius 1 is 1.33 bits per heavy atom. The van der Waals surface area contributed by atoms with Crippen LogP contribution in [0.5, 0.6) is 0 Å². The minimum Gasteiger partial charge on any atom is -0.388 e. The Morgan fingerprint density at radius 3 is 2.62 bits per heavy atom. The fourth-order valence-electron chi connectivity index (χ4n) is 3.21. The van der Waals surface area contributed by atoms with Crippen molar-refractivity contribution < 1.29 is 9.90 Å². The van der Waals surface area contributed by atoms with E-state index >= 15 is 0 Å². The maximum Gasteiger partial charge on any atom is 0.315 e. The third kappa shape index (κ3) is 4.58. The predicted octanol–water partition coefficient (Wildman–Crippen LogP) is 1.71. The number of likely N-dealkylation sites (tertiary alicyclic amines) is 1. The van der Waals surface area contributed by atoms with E-state index in [1.165, 1.54) is 25.7 Å². The van der Waals surface area contributed by atoms with E-state index in [1.807, 2.05) is 13.8 Å². The fourth-order valence-corrected chi connectivity index (χ4v) is 3.21. The molecule has 2 aliphatic rings. The lowest BCUT2D eigenvalue weighted by molar-refractivity contribution is 0.0165. The van der Waals surface area contributed by atoms with E-state index in [0.29, 0.717) is 0 Å². The minimum absolute atomic E-state index is 0.113. The van der Waals surface area contributed by atoms with E-state index in [4.69, 9.17) is 0 Å². The van der Waals surface area contributed by atoms with Gasteiger partial charge in [0.1, 0.15) is 0 Å². The molecule has 1 aliphatic carbocycles. The van der Waals surface area contributed by atoms with Crippen LogP contribution in [0.4, 0.5) is 4.79 Å². The zero-order valence-corrected chi connectivity index (χ0v) is 13.7. The molecule has 21 heavy (non-hydrogen) atoms. The van der Waals surface area contributed by atoms with Gasteiger partial charge in [0.25, 0.3) is 0 Å². The summed E-state index contributed by atoms with van der Waals surface area (Å²) in [6.45, 7) is 8.02. The van der Waals surface area contributed by atoms with Crippen LogP contribution in [0, 0.1) is 5.92 Å². The van der Waals surface area contributed by atoms with Crippen molar-refractivity contribution in [1.29, 1.82) is 0 Å². The Hall–Kier alpha value is -0.810. The molecule has 1 saturated carbocycles. The molecule has 5 heteroatoms. The van der Waals surface area contributed by atoms with Gasteiger partial charge in [0.05, 0.1) is 5.60 Å². The van der Waals surface area contributed by atoms with Crippen LogP contribution in [0.3, 0.4) is 0 Å². The number of hydrogen-bond donors (Lipinski definition) is 3. The molecule has 2 rings (SSSR count). The third-order valence-electron chi connectivity index (χ3n) is 5.25. The molecule has 1 aliphatic heterocycles. The number of amides is 2. The molecule has 1 heterocycles. The molecule has 0 aromatic carbocycles. The molecule has 0 aromatic heterocycles. The molecule has 0 bridgehead atoms. The summed E-state index contributed by atoms with van der Waals surface area (Å²) in [7, 11) is 0. The lowest BCUT2D eigenvalue weighted by Gasteiger charge is -2.28. The SMILES string of the molecule is CC(C)C(C)(O)CNC(=O)NC1CCN(C2CCCC2)C1. The maximum atomic E-state index is 11.9. The number of aliphatic hydroxyl groups is 1. The van der Waals surface area contributed by atoms with E-state index in [1.54, 1.807) is 6.92 Å². The van der Waals surface area contributed by atoms with Gasteiger partial charge in [0.15, 0.2) is 0 Å². The number of hydrogen-bond acceptors (Lipinski definition) is 3.